The molecule has 1 rings (SSSR count). The molecule has 0 fully saturated rings. The molecule has 1 aromatic rings. The van der Waals surface area contributed by atoms with Gasteiger partial charge in [-0.15, -0.1) is 0 Å². The van der Waals surface area contributed by atoms with E-state index in [0.717, 1.165) is 5.56 Å². The summed E-state index contributed by atoms with van der Waals surface area (Å²) in [5.41, 5.74) is 6.44. The van der Waals surface area contributed by atoms with E-state index >= 15 is 0 Å². The van der Waals surface area contributed by atoms with Gasteiger partial charge in [0.25, 0.3) is 0 Å². The first-order valence-corrected chi connectivity index (χ1v) is 5.55. The molecule has 0 spiro atoms. The van der Waals surface area contributed by atoms with Crippen molar-refractivity contribution in [3.63, 3.8) is 0 Å². The molecule has 0 radical (unpaired) electrons. The van der Waals surface area contributed by atoms with E-state index in [1.165, 1.54) is 0 Å². The number of nitrogens with two attached hydrogens (primary N) is 1. The Morgan fingerprint density at radius 3 is 2.62 bits per heavy atom. The molecule has 0 aromatic heterocycles. The number of esters is 1. The molecule has 88 valence electrons. The fraction of sp³-hybridized carbons (Fsp3) is 0.417. The molecule has 0 bridgehead atoms. The number of hydrogen-bond donors (Lipinski definition) is 1. The molecule has 0 aliphatic heterocycles. The van der Waals surface area contributed by atoms with Crippen LogP contribution in [0.5, 0.6) is 0 Å². The summed E-state index contributed by atoms with van der Waals surface area (Å²) in [6.45, 7) is 3.92. The largest absolute Gasteiger partial charge is 0.460 e. The van der Waals surface area contributed by atoms with Crippen LogP contribution < -0.4 is 5.73 Å². The summed E-state index contributed by atoms with van der Waals surface area (Å²) in [6, 6.07) is 6.66. The van der Waals surface area contributed by atoms with Crippen LogP contribution in [-0.4, -0.2) is 12.0 Å². The van der Waals surface area contributed by atoms with E-state index in [1.807, 2.05) is 32.0 Å². The van der Waals surface area contributed by atoms with Crippen molar-refractivity contribution < 1.29 is 9.53 Å². The zero-order valence-corrected chi connectivity index (χ0v) is 10.2. The number of carbonyl (C=O) groups excluding carboxylic acids is 1. The maximum Gasteiger partial charge on any atom is 0.323 e. The summed E-state index contributed by atoms with van der Waals surface area (Å²) >= 11 is 5.93. The molecule has 1 aromatic carbocycles. The lowest BCUT2D eigenvalue weighted by molar-refractivity contribution is -0.147. The van der Waals surface area contributed by atoms with Crippen LogP contribution in [0.25, 0.3) is 0 Å². The van der Waals surface area contributed by atoms with Crippen LogP contribution in [-0.2, 0) is 16.1 Å². The fourth-order valence-corrected chi connectivity index (χ4v) is 1.32. The number of hydrogen-bond acceptors (Lipinski definition) is 3. The Hall–Kier alpha value is -1.06. The van der Waals surface area contributed by atoms with Gasteiger partial charge in [0, 0.05) is 10.6 Å². The van der Waals surface area contributed by atoms with Gasteiger partial charge in [0.05, 0.1) is 0 Å². The lowest BCUT2D eigenvalue weighted by atomic mass is 10.1. The highest BCUT2D eigenvalue weighted by Gasteiger charge is 2.18. The highest BCUT2D eigenvalue weighted by atomic mass is 35.5. The summed E-state index contributed by atoms with van der Waals surface area (Å²) in [7, 11) is 0. The molecule has 0 amide bonds. The van der Waals surface area contributed by atoms with Crippen molar-refractivity contribution in [1.82, 2.24) is 0 Å². The Balaban J connectivity index is 2.52. The Morgan fingerprint density at radius 1 is 1.44 bits per heavy atom. The molecule has 4 heteroatoms. The van der Waals surface area contributed by atoms with E-state index in [0.29, 0.717) is 5.02 Å². The van der Waals surface area contributed by atoms with Crippen LogP contribution in [0.15, 0.2) is 24.3 Å². The van der Waals surface area contributed by atoms with Crippen molar-refractivity contribution in [2.45, 2.75) is 26.5 Å². The van der Waals surface area contributed by atoms with E-state index < -0.39 is 12.0 Å². The molecule has 0 aliphatic rings. The molecule has 1 atom stereocenters. The first-order valence-electron chi connectivity index (χ1n) is 5.18. The number of carbonyl (C=O) groups is 1. The zero-order chi connectivity index (χ0) is 12.1. The fourth-order valence-electron chi connectivity index (χ4n) is 1.13. The van der Waals surface area contributed by atoms with Gasteiger partial charge in [-0.1, -0.05) is 43.6 Å². The maximum atomic E-state index is 11.5. The van der Waals surface area contributed by atoms with Gasteiger partial charge in [0.1, 0.15) is 12.6 Å². The molecule has 2 N–H and O–H groups in total. The number of halogens is 1. The second-order valence-electron chi connectivity index (χ2n) is 3.97. The van der Waals surface area contributed by atoms with Gasteiger partial charge in [-0.25, -0.2) is 0 Å². The van der Waals surface area contributed by atoms with E-state index in [-0.39, 0.29) is 12.5 Å². The predicted molar refractivity (Wildman–Crippen MR) is 64.1 cm³/mol. The topological polar surface area (TPSA) is 52.3 Å². The Bertz CT molecular complexity index is 366. The van der Waals surface area contributed by atoms with Crippen molar-refractivity contribution in [1.29, 1.82) is 0 Å². The molecular weight excluding hydrogens is 226 g/mol. The zero-order valence-electron chi connectivity index (χ0n) is 9.44. The highest BCUT2D eigenvalue weighted by molar-refractivity contribution is 6.31. The summed E-state index contributed by atoms with van der Waals surface area (Å²) in [5, 5.41) is 0.591. The maximum absolute atomic E-state index is 11.5. The van der Waals surface area contributed by atoms with Crippen molar-refractivity contribution in [3.8, 4) is 0 Å². The number of ether oxygens (including phenoxy) is 1. The van der Waals surface area contributed by atoms with Crippen LogP contribution in [0.2, 0.25) is 5.02 Å². The smallest absolute Gasteiger partial charge is 0.323 e. The first kappa shape index (κ1) is 13.0. The van der Waals surface area contributed by atoms with E-state index in [9.17, 15) is 4.79 Å². The summed E-state index contributed by atoms with van der Waals surface area (Å²) < 4.78 is 5.08. The van der Waals surface area contributed by atoms with E-state index in [2.05, 4.69) is 0 Å². The molecule has 0 saturated heterocycles. The Morgan fingerprint density at radius 2 is 2.06 bits per heavy atom. The minimum atomic E-state index is -0.581. The molecule has 16 heavy (non-hydrogen) atoms. The normalized spacial score (nSPS) is 12.6. The van der Waals surface area contributed by atoms with E-state index in [4.69, 9.17) is 22.1 Å². The third kappa shape index (κ3) is 3.51. The summed E-state index contributed by atoms with van der Waals surface area (Å²) in [5.74, 6) is -0.325. The lowest BCUT2D eigenvalue weighted by Crippen LogP contribution is -2.36. The van der Waals surface area contributed by atoms with Gasteiger partial charge in [0.2, 0.25) is 0 Å². The molecule has 0 heterocycles. The Labute approximate surface area is 101 Å². The van der Waals surface area contributed by atoms with Crippen molar-refractivity contribution in [2.75, 3.05) is 0 Å². The third-order valence-electron chi connectivity index (χ3n) is 2.32. The minimum absolute atomic E-state index is 0.0683. The molecule has 0 aliphatic carbocycles. The monoisotopic (exact) mass is 241 g/mol. The van der Waals surface area contributed by atoms with Crippen molar-refractivity contribution >= 4 is 17.6 Å². The van der Waals surface area contributed by atoms with Crippen LogP contribution in [0.4, 0.5) is 0 Å². The number of benzene rings is 1. The van der Waals surface area contributed by atoms with E-state index in [1.54, 1.807) is 6.07 Å². The SMILES string of the molecule is CC(C)[C@@H](N)C(=O)OCc1ccccc1Cl. The third-order valence-corrected chi connectivity index (χ3v) is 2.69. The van der Waals surface area contributed by atoms with Gasteiger partial charge in [0.15, 0.2) is 0 Å². The number of rotatable bonds is 4. The van der Waals surface area contributed by atoms with Crippen LogP contribution in [0, 0.1) is 5.92 Å². The highest BCUT2D eigenvalue weighted by Crippen LogP contribution is 2.16. The summed E-state index contributed by atoms with van der Waals surface area (Å²) in [4.78, 5) is 11.5. The van der Waals surface area contributed by atoms with Gasteiger partial charge in [-0.05, 0) is 12.0 Å². The molecule has 0 saturated carbocycles. The molecular formula is C12H16ClNO2. The molecule has 0 unspecified atom stereocenters. The lowest BCUT2D eigenvalue weighted by Gasteiger charge is -2.14. The van der Waals surface area contributed by atoms with Crippen LogP contribution >= 0.6 is 11.6 Å². The Kier molecular flexibility index (Phi) is 4.77. The van der Waals surface area contributed by atoms with Crippen LogP contribution in [0.3, 0.4) is 0 Å². The van der Waals surface area contributed by atoms with Gasteiger partial charge < -0.3 is 10.5 Å². The van der Waals surface area contributed by atoms with Gasteiger partial charge in [-0.2, -0.15) is 0 Å². The molecule has 3 nitrogen and oxygen atoms in total. The van der Waals surface area contributed by atoms with Crippen molar-refractivity contribution in [2.24, 2.45) is 11.7 Å². The van der Waals surface area contributed by atoms with Gasteiger partial charge >= 0.3 is 5.97 Å². The van der Waals surface area contributed by atoms with Crippen LogP contribution in [0.1, 0.15) is 19.4 Å². The second kappa shape index (κ2) is 5.87. The average Bonchev–Trinajstić information content (AvgIpc) is 2.26. The second-order valence-corrected chi connectivity index (χ2v) is 4.38. The standard InChI is InChI=1S/C12H16ClNO2/c1-8(2)11(14)12(15)16-7-9-5-3-4-6-10(9)13/h3-6,8,11H,7,14H2,1-2H3/t11-/m1/s1. The average molecular weight is 242 g/mol. The van der Waals surface area contributed by atoms with Gasteiger partial charge in [-0.3, -0.25) is 4.79 Å². The predicted octanol–water partition coefficient (Wildman–Crippen LogP) is 2.37. The van der Waals surface area contributed by atoms with Crippen molar-refractivity contribution in [3.05, 3.63) is 34.9 Å². The first-order chi connectivity index (χ1) is 7.52. The summed E-state index contributed by atoms with van der Waals surface area (Å²) in [6.07, 6.45) is 0. The quantitative estimate of drug-likeness (QED) is 0.824. The minimum Gasteiger partial charge on any atom is -0.460 e.